The van der Waals surface area contributed by atoms with Crippen LogP contribution in [0.4, 0.5) is 0 Å². The van der Waals surface area contributed by atoms with E-state index in [1.807, 2.05) is 20.8 Å². The Kier molecular flexibility index (Phi) is 6.23. The minimum atomic E-state index is -0.631. The normalized spacial score (nSPS) is 21.4. The second-order valence-electron chi connectivity index (χ2n) is 5.96. The van der Waals surface area contributed by atoms with Gasteiger partial charge < -0.3 is 14.7 Å². The van der Waals surface area contributed by atoms with Crippen molar-refractivity contribution in [2.45, 2.75) is 32.8 Å². The molecule has 1 saturated heterocycles. The summed E-state index contributed by atoms with van der Waals surface area (Å²) in [6.07, 6.45) is 0.459. The number of β-amino-alcohol motifs (C(OH)–C–C–N with tert-alkyl or cyclic N) is 1. The van der Waals surface area contributed by atoms with Gasteiger partial charge in [0.2, 0.25) is 0 Å². The molecule has 0 bridgehead atoms. The molecule has 5 heteroatoms. The van der Waals surface area contributed by atoms with E-state index in [9.17, 15) is 9.90 Å². The second kappa shape index (κ2) is 7.22. The Morgan fingerprint density at radius 3 is 2.26 bits per heavy atom. The molecule has 0 aromatic carbocycles. The fourth-order valence-electron chi connectivity index (χ4n) is 2.16. The van der Waals surface area contributed by atoms with E-state index < -0.39 is 5.60 Å². The monoisotopic (exact) mass is 272 g/mol. The molecule has 1 rings (SSSR count). The van der Waals surface area contributed by atoms with Gasteiger partial charge in [0.25, 0.3) is 0 Å². The third-order valence-corrected chi connectivity index (χ3v) is 4.11. The molecule has 1 aliphatic rings. The molecule has 0 amide bonds. The Morgan fingerprint density at radius 2 is 1.79 bits per heavy atom. The summed E-state index contributed by atoms with van der Waals surface area (Å²) >= 11 is 0. The number of carbonyl (C=O) groups is 1. The summed E-state index contributed by atoms with van der Waals surface area (Å²) in [5.41, 5.74) is -0.631. The highest BCUT2D eigenvalue weighted by molar-refractivity contribution is 5.69. The van der Waals surface area contributed by atoms with E-state index in [4.69, 9.17) is 0 Å². The van der Waals surface area contributed by atoms with E-state index in [0.29, 0.717) is 6.42 Å². The Bertz CT molecular complexity index is 284. The van der Waals surface area contributed by atoms with E-state index in [2.05, 4.69) is 14.5 Å². The topological polar surface area (TPSA) is 53.0 Å². The smallest absolute Gasteiger partial charge is 0.306 e. The lowest BCUT2D eigenvalue weighted by atomic mass is 9.92. The van der Waals surface area contributed by atoms with E-state index in [-0.39, 0.29) is 11.9 Å². The molecule has 0 aliphatic carbocycles. The van der Waals surface area contributed by atoms with Gasteiger partial charge in [0, 0.05) is 39.3 Å². The van der Waals surface area contributed by atoms with Gasteiger partial charge in [-0.15, -0.1) is 0 Å². The van der Waals surface area contributed by atoms with Gasteiger partial charge in [-0.1, -0.05) is 13.8 Å². The highest BCUT2D eigenvalue weighted by atomic mass is 16.5. The zero-order valence-corrected chi connectivity index (χ0v) is 12.7. The summed E-state index contributed by atoms with van der Waals surface area (Å²) in [7, 11) is 1.42. The van der Waals surface area contributed by atoms with Crippen molar-refractivity contribution in [1.29, 1.82) is 0 Å². The van der Waals surface area contributed by atoms with Crippen molar-refractivity contribution < 1.29 is 14.6 Å². The lowest BCUT2D eigenvalue weighted by Gasteiger charge is -2.39. The van der Waals surface area contributed by atoms with Crippen LogP contribution in [-0.4, -0.2) is 72.9 Å². The quantitative estimate of drug-likeness (QED) is 0.717. The molecule has 0 radical (unpaired) electrons. The van der Waals surface area contributed by atoms with Gasteiger partial charge in [0.05, 0.1) is 19.1 Å². The maximum absolute atomic E-state index is 11.1. The molecule has 0 aromatic heterocycles. The molecule has 1 fully saturated rings. The number of aliphatic hydroxyl groups is 1. The summed E-state index contributed by atoms with van der Waals surface area (Å²) in [5, 5.41) is 10.3. The number of methoxy groups -OCH3 is 1. The molecule has 112 valence electrons. The standard InChI is InChI=1S/C14H28N2O3/c1-12(2)14(3,18)11-16-9-7-15(8-10-16)6-5-13(17)19-4/h12,18H,5-11H2,1-4H3. The minimum Gasteiger partial charge on any atom is -0.469 e. The van der Waals surface area contributed by atoms with Crippen molar-refractivity contribution in [1.82, 2.24) is 9.80 Å². The summed E-state index contributed by atoms with van der Waals surface area (Å²) in [5.74, 6) is 0.107. The molecule has 1 aliphatic heterocycles. The molecule has 1 heterocycles. The van der Waals surface area contributed by atoms with Crippen LogP contribution in [0.25, 0.3) is 0 Å². The highest BCUT2D eigenvalue weighted by Gasteiger charge is 2.29. The van der Waals surface area contributed by atoms with Gasteiger partial charge >= 0.3 is 5.97 Å². The second-order valence-corrected chi connectivity index (χ2v) is 5.96. The molecule has 5 nitrogen and oxygen atoms in total. The van der Waals surface area contributed by atoms with Gasteiger partial charge in [-0.25, -0.2) is 0 Å². The van der Waals surface area contributed by atoms with E-state index in [1.165, 1.54) is 7.11 Å². The lowest BCUT2D eigenvalue weighted by molar-refractivity contribution is -0.141. The highest BCUT2D eigenvalue weighted by Crippen LogP contribution is 2.18. The van der Waals surface area contributed by atoms with Crippen LogP contribution in [-0.2, 0) is 9.53 Å². The zero-order valence-electron chi connectivity index (χ0n) is 12.7. The predicted molar refractivity (Wildman–Crippen MR) is 75.0 cm³/mol. The first kappa shape index (κ1) is 16.4. The SMILES string of the molecule is COC(=O)CCN1CCN(CC(C)(O)C(C)C)CC1. The molecule has 1 unspecified atom stereocenters. The van der Waals surface area contributed by atoms with Crippen LogP contribution >= 0.6 is 0 Å². The van der Waals surface area contributed by atoms with E-state index in [1.54, 1.807) is 0 Å². The van der Waals surface area contributed by atoms with Crippen molar-refractivity contribution >= 4 is 5.97 Å². The molecule has 0 aromatic rings. The summed E-state index contributed by atoms with van der Waals surface area (Å²) in [4.78, 5) is 15.7. The Hall–Kier alpha value is -0.650. The fourth-order valence-corrected chi connectivity index (χ4v) is 2.16. The van der Waals surface area contributed by atoms with Gasteiger partial charge in [-0.3, -0.25) is 9.69 Å². The minimum absolute atomic E-state index is 0.148. The maximum atomic E-state index is 11.1. The van der Waals surface area contributed by atoms with Gasteiger partial charge in [-0.05, 0) is 12.8 Å². The molecule has 0 saturated carbocycles. The number of ether oxygens (including phenoxy) is 1. The van der Waals surface area contributed by atoms with Crippen molar-refractivity contribution in [3.05, 3.63) is 0 Å². The average Bonchev–Trinajstić information content (AvgIpc) is 2.37. The van der Waals surface area contributed by atoms with Crippen molar-refractivity contribution in [2.75, 3.05) is 46.4 Å². The predicted octanol–water partition coefficient (Wildman–Crippen LogP) is 0.574. The van der Waals surface area contributed by atoms with Crippen LogP contribution in [0.2, 0.25) is 0 Å². The molecular weight excluding hydrogens is 244 g/mol. The number of rotatable bonds is 6. The first-order chi connectivity index (χ1) is 8.85. The van der Waals surface area contributed by atoms with Crippen molar-refractivity contribution in [2.24, 2.45) is 5.92 Å². The largest absolute Gasteiger partial charge is 0.469 e. The summed E-state index contributed by atoms with van der Waals surface area (Å²) in [6.45, 7) is 11.3. The van der Waals surface area contributed by atoms with Crippen molar-refractivity contribution in [3.63, 3.8) is 0 Å². The van der Waals surface area contributed by atoms with Gasteiger partial charge in [0.15, 0.2) is 0 Å². The van der Waals surface area contributed by atoms with Gasteiger partial charge in [-0.2, -0.15) is 0 Å². The van der Waals surface area contributed by atoms with Crippen LogP contribution in [0.1, 0.15) is 27.2 Å². The third-order valence-electron chi connectivity index (χ3n) is 4.11. The van der Waals surface area contributed by atoms with Crippen LogP contribution in [0.3, 0.4) is 0 Å². The third kappa shape index (κ3) is 5.47. The Morgan fingerprint density at radius 1 is 1.26 bits per heavy atom. The molecule has 1 N–H and O–H groups in total. The van der Waals surface area contributed by atoms with Crippen LogP contribution < -0.4 is 0 Å². The fraction of sp³-hybridized carbons (Fsp3) is 0.929. The molecule has 19 heavy (non-hydrogen) atoms. The number of esters is 1. The number of carbonyl (C=O) groups excluding carboxylic acids is 1. The number of hydrogen-bond acceptors (Lipinski definition) is 5. The first-order valence-corrected chi connectivity index (χ1v) is 7.09. The number of nitrogens with zero attached hydrogens (tertiary/aromatic N) is 2. The molecular formula is C14H28N2O3. The van der Waals surface area contributed by atoms with Crippen LogP contribution in [0, 0.1) is 5.92 Å². The van der Waals surface area contributed by atoms with Gasteiger partial charge in [0.1, 0.15) is 0 Å². The molecule has 1 atom stereocenters. The van der Waals surface area contributed by atoms with Crippen molar-refractivity contribution in [3.8, 4) is 0 Å². The first-order valence-electron chi connectivity index (χ1n) is 7.09. The van der Waals surface area contributed by atoms with Crippen LogP contribution in [0.5, 0.6) is 0 Å². The molecule has 0 spiro atoms. The summed E-state index contributed by atoms with van der Waals surface area (Å²) < 4.78 is 4.65. The van der Waals surface area contributed by atoms with E-state index >= 15 is 0 Å². The van der Waals surface area contributed by atoms with E-state index in [0.717, 1.165) is 39.3 Å². The Balaban J connectivity index is 2.27. The zero-order chi connectivity index (χ0) is 14.5. The maximum Gasteiger partial charge on any atom is 0.306 e. The Labute approximate surface area is 116 Å². The number of hydrogen-bond donors (Lipinski definition) is 1. The average molecular weight is 272 g/mol. The number of piperazine rings is 1. The summed E-state index contributed by atoms with van der Waals surface area (Å²) in [6, 6.07) is 0. The lowest BCUT2D eigenvalue weighted by Crippen LogP contribution is -2.52. The van der Waals surface area contributed by atoms with Crippen LogP contribution in [0.15, 0.2) is 0 Å².